The third-order valence-electron chi connectivity index (χ3n) is 5.49. The van der Waals surface area contributed by atoms with Gasteiger partial charge in [0, 0.05) is 0 Å². The van der Waals surface area contributed by atoms with Gasteiger partial charge in [0.2, 0.25) is 0 Å². The Hall–Kier alpha value is -1.96. The van der Waals surface area contributed by atoms with Crippen LogP contribution < -0.4 is 4.74 Å². The standard InChI is InChI=1S/C21H22F6O2/c1-2-17(28)13-3-9-16-12(11-13)4-10-18(19(16)21(25,26)27)29-15-7-5-14(6-8-15)20(22,23)24/h3-4,9-11,14-15,17,28H,2,5-8H2,1H3/t14?,15?,17-/m1/s1. The minimum Gasteiger partial charge on any atom is -0.490 e. The highest BCUT2D eigenvalue weighted by molar-refractivity contribution is 5.89. The SMILES string of the molecule is CC[C@@H](O)c1ccc2c(C(F)(F)F)c(OC3CCC(C(F)(F)F)CC3)ccc2c1. The lowest BCUT2D eigenvalue weighted by molar-refractivity contribution is -0.185. The predicted molar refractivity (Wildman–Crippen MR) is 96.6 cm³/mol. The Balaban J connectivity index is 1.90. The van der Waals surface area contributed by atoms with Crippen molar-refractivity contribution >= 4 is 10.8 Å². The minimum absolute atomic E-state index is 0.0567. The Kier molecular flexibility index (Phi) is 6.03. The van der Waals surface area contributed by atoms with E-state index in [-0.39, 0.29) is 36.8 Å². The van der Waals surface area contributed by atoms with E-state index in [0.717, 1.165) is 0 Å². The first-order valence-corrected chi connectivity index (χ1v) is 9.56. The molecule has 0 radical (unpaired) electrons. The van der Waals surface area contributed by atoms with E-state index in [0.29, 0.717) is 17.4 Å². The molecular weight excluding hydrogens is 398 g/mol. The van der Waals surface area contributed by atoms with E-state index in [1.807, 2.05) is 0 Å². The van der Waals surface area contributed by atoms with E-state index in [1.165, 1.54) is 30.3 Å². The predicted octanol–water partition coefficient (Wildman–Crippen LogP) is 6.80. The summed E-state index contributed by atoms with van der Waals surface area (Å²) in [7, 11) is 0. The van der Waals surface area contributed by atoms with Crippen molar-refractivity contribution < 1.29 is 36.2 Å². The maximum atomic E-state index is 13.8. The molecule has 1 saturated carbocycles. The molecule has 0 aromatic heterocycles. The second-order valence-electron chi connectivity index (χ2n) is 7.47. The fourth-order valence-corrected chi connectivity index (χ4v) is 3.85. The van der Waals surface area contributed by atoms with Gasteiger partial charge in [0.05, 0.1) is 18.1 Å². The van der Waals surface area contributed by atoms with E-state index in [1.54, 1.807) is 6.92 Å². The van der Waals surface area contributed by atoms with Crippen LogP contribution in [0.4, 0.5) is 26.3 Å². The van der Waals surface area contributed by atoms with Gasteiger partial charge in [-0.15, -0.1) is 0 Å². The maximum Gasteiger partial charge on any atom is 0.420 e. The molecule has 160 valence electrons. The van der Waals surface area contributed by atoms with Crippen molar-refractivity contribution in [2.24, 2.45) is 5.92 Å². The van der Waals surface area contributed by atoms with Gasteiger partial charge in [-0.1, -0.05) is 25.1 Å². The highest BCUT2D eigenvalue weighted by atomic mass is 19.4. The number of aliphatic hydroxyl groups excluding tert-OH is 1. The number of halogens is 6. The van der Waals surface area contributed by atoms with Crippen molar-refractivity contribution in [3.63, 3.8) is 0 Å². The van der Waals surface area contributed by atoms with Crippen LogP contribution in [0.25, 0.3) is 10.8 Å². The summed E-state index contributed by atoms with van der Waals surface area (Å²) in [5.74, 6) is -1.80. The van der Waals surface area contributed by atoms with Gasteiger partial charge in [0.1, 0.15) is 11.3 Å². The van der Waals surface area contributed by atoms with E-state index in [9.17, 15) is 31.4 Å². The summed E-state index contributed by atoms with van der Waals surface area (Å²) < 4.78 is 85.3. The van der Waals surface area contributed by atoms with Crippen LogP contribution in [0.1, 0.15) is 56.3 Å². The molecular formula is C21H22F6O2. The number of fused-ring (bicyclic) bond motifs is 1. The summed E-state index contributed by atoms with van der Waals surface area (Å²) in [6.45, 7) is 1.76. The van der Waals surface area contributed by atoms with Crippen LogP contribution in [0.5, 0.6) is 5.75 Å². The van der Waals surface area contributed by atoms with Crippen LogP contribution in [-0.2, 0) is 6.18 Å². The zero-order valence-electron chi connectivity index (χ0n) is 15.8. The molecule has 1 N–H and O–H groups in total. The summed E-state index contributed by atoms with van der Waals surface area (Å²) in [6, 6.07) is 6.96. The number of aliphatic hydroxyl groups is 1. The molecule has 0 heterocycles. The van der Waals surface area contributed by atoms with Gasteiger partial charge >= 0.3 is 12.4 Å². The molecule has 2 aromatic rings. The first-order valence-electron chi connectivity index (χ1n) is 9.56. The minimum atomic E-state index is -4.69. The van der Waals surface area contributed by atoms with Gasteiger partial charge in [-0.2, -0.15) is 26.3 Å². The fourth-order valence-electron chi connectivity index (χ4n) is 3.85. The number of hydrogen-bond donors (Lipinski definition) is 1. The van der Waals surface area contributed by atoms with Crippen LogP contribution in [0.3, 0.4) is 0 Å². The number of benzene rings is 2. The molecule has 2 aromatic carbocycles. The van der Waals surface area contributed by atoms with Crippen LogP contribution in [0, 0.1) is 5.92 Å². The topological polar surface area (TPSA) is 29.5 Å². The van der Waals surface area contributed by atoms with E-state index < -0.39 is 36.0 Å². The molecule has 0 amide bonds. The third kappa shape index (κ3) is 4.79. The first kappa shape index (κ1) is 21.7. The molecule has 1 atom stereocenters. The molecule has 0 bridgehead atoms. The number of rotatable bonds is 4. The summed E-state index contributed by atoms with van der Waals surface area (Å²) in [4.78, 5) is 0. The molecule has 3 rings (SSSR count). The van der Waals surface area contributed by atoms with Crippen molar-refractivity contribution in [2.75, 3.05) is 0 Å². The zero-order chi connectivity index (χ0) is 21.4. The second-order valence-corrected chi connectivity index (χ2v) is 7.47. The number of hydrogen-bond acceptors (Lipinski definition) is 2. The van der Waals surface area contributed by atoms with Gasteiger partial charge in [0.25, 0.3) is 0 Å². The Bertz CT molecular complexity index is 851. The molecule has 0 aliphatic heterocycles. The third-order valence-corrected chi connectivity index (χ3v) is 5.49. The lowest BCUT2D eigenvalue weighted by atomic mass is 9.87. The van der Waals surface area contributed by atoms with Gasteiger partial charge in [0.15, 0.2) is 0 Å². The summed E-state index contributed by atoms with van der Waals surface area (Å²) in [5, 5.41) is 10.2. The Morgan fingerprint density at radius 3 is 2.21 bits per heavy atom. The molecule has 1 fully saturated rings. The van der Waals surface area contributed by atoms with Crippen LogP contribution in [-0.4, -0.2) is 17.4 Å². The zero-order valence-corrected chi connectivity index (χ0v) is 15.8. The quantitative estimate of drug-likeness (QED) is 0.551. The average Bonchev–Trinajstić information content (AvgIpc) is 2.65. The first-order chi connectivity index (χ1) is 13.5. The van der Waals surface area contributed by atoms with Crippen LogP contribution >= 0.6 is 0 Å². The Labute approximate surface area is 164 Å². The number of alkyl halides is 6. The molecule has 29 heavy (non-hydrogen) atoms. The van der Waals surface area contributed by atoms with Gasteiger partial charge < -0.3 is 9.84 Å². The van der Waals surface area contributed by atoms with Crippen molar-refractivity contribution in [3.05, 3.63) is 41.5 Å². The van der Waals surface area contributed by atoms with Gasteiger partial charge in [-0.05, 0) is 60.6 Å². The van der Waals surface area contributed by atoms with Crippen molar-refractivity contribution in [2.45, 2.75) is 63.6 Å². The van der Waals surface area contributed by atoms with Gasteiger partial charge in [-0.25, -0.2) is 0 Å². The molecule has 0 unspecified atom stereocenters. The lowest BCUT2D eigenvalue weighted by Crippen LogP contribution is -2.32. The molecule has 8 heteroatoms. The Morgan fingerprint density at radius 1 is 1.00 bits per heavy atom. The largest absolute Gasteiger partial charge is 0.490 e. The van der Waals surface area contributed by atoms with E-state index in [2.05, 4.69) is 0 Å². The van der Waals surface area contributed by atoms with Crippen LogP contribution in [0.15, 0.2) is 30.3 Å². The normalized spacial score (nSPS) is 21.9. The Morgan fingerprint density at radius 2 is 1.66 bits per heavy atom. The van der Waals surface area contributed by atoms with Crippen LogP contribution in [0.2, 0.25) is 0 Å². The molecule has 2 nitrogen and oxygen atoms in total. The molecule has 0 saturated heterocycles. The van der Waals surface area contributed by atoms with Gasteiger partial charge in [-0.3, -0.25) is 0 Å². The monoisotopic (exact) mass is 420 g/mol. The highest BCUT2D eigenvalue weighted by Gasteiger charge is 2.42. The molecule has 1 aliphatic carbocycles. The number of ether oxygens (including phenoxy) is 1. The van der Waals surface area contributed by atoms with Crippen molar-refractivity contribution in [3.8, 4) is 5.75 Å². The van der Waals surface area contributed by atoms with Crippen molar-refractivity contribution in [1.29, 1.82) is 0 Å². The average molecular weight is 420 g/mol. The van der Waals surface area contributed by atoms with Crippen molar-refractivity contribution in [1.82, 2.24) is 0 Å². The lowest BCUT2D eigenvalue weighted by Gasteiger charge is -2.31. The molecule has 1 aliphatic rings. The van der Waals surface area contributed by atoms with E-state index >= 15 is 0 Å². The molecule has 0 spiro atoms. The summed E-state index contributed by atoms with van der Waals surface area (Å²) in [5.41, 5.74) is -0.419. The summed E-state index contributed by atoms with van der Waals surface area (Å²) in [6.07, 6.45) is -10.2. The smallest absolute Gasteiger partial charge is 0.420 e. The second kappa shape index (κ2) is 8.05. The van der Waals surface area contributed by atoms with E-state index in [4.69, 9.17) is 4.74 Å². The highest BCUT2D eigenvalue weighted by Crippen LogP contribution is 2.44. The summed E-state index contributed by atoms with van der Waals surface area (Å²) >= 11 is 0. The maximum absolute atomic E-state index is 13.8. The fraction of sp³-hybridized carbons (Fsp3) is 0.524.